The molecular weight excluding hydrogens is 331 g/mol. The fourth-order valence-corrected chi connectivity index (χ4v) is 3.01. The van der Waals surface area contributed by atoms with Crippen LogP contribution in [0.5, 0.6) is 0 Å². The highest BCUT2D eigenvalue weighted by Crippen LogP contribution is 2.22. The van der Waals surface area contributed by atoms with Gasteiger partial charge in [-0.25, -0.2) is 14.2 Å². The molecule has 1 heterocycles. The first-order valence-corrected chi connectivity index (χ1v) is 9.03. The van der Waals surface area contributed by atoms with Gasteiger partial charge in [0.05, 0.1) is 29.7 Å². The van der Waals surface area contributed by atoms with Crippen molar-refractivity contribution in [1.29, 1.82) is 0 Å². The van der Waals surface area contributed by atoms with Crippen LogP contribution in [-0.2, 0) is 17.7 Å². The van der Waals surface area contributed by atoms with Gasteiger partial charge in [0.2, 0.25) is 0 Å². The molecule has 0 bridgehead atoms. The molecule has 0 aliphatic heterocycles. The fourth-order valence-electron chi connectivity index (χ4n) is 3.01. The second-order valence-electron chi connectivity index (χ2n) is 6.23. The van der Waals surface area contributed by atoms with Gasteiger partial charge in [0, 0.05) is 12.0 Å². The summed E-state index contributed by atoms with van der Waals surface area (Å²) in [5, 5.41) is 0. The van der Waals surface area contributed by atoms with E-state index in [1.807, 2.05) is 16.7 Å². The highest BCUT2D eigenvalue weighted by atomic mass is 19.1. The van der Waals surface area contributed by atoms with Crippen molar-refractivity contribution in [2.45, 2.75) is 39.7 Å². The quantitative estimate of drug-likeness (QED) is 0.576. The highest BCUT2D eigenvalue weighted by molar-refractivity contribution is 5.93. The van der Waals surface area contributed by atoms with E-state index in [1.165, 1.54) is 6.07 Å². The van der Waals surface area contributed by atoms with E-state index in [-0.39, 0.29) is 11.8 Å². The van der Waals surface area contributed by atoms with Crippen molar-refractivity contribution < 1.29 is 13.9 Å². The third kappa shape index (κ3) is 3.77. The summed E-state index contributed by atoms with van der Waals surface area (Å²) in [6, 6.07) is 12.1. The Labute approximate surface area is 152 Å². The maximum absolute atomic E-state index is 14.2. The third-order valence-electron chi connectivity index (χ3n) is 4.38. The number of carbonyl (C=O) groups excluding carboxylic acids is 1. The number of benzene rings is 2. The number of hydrogen-bond acceptors (Lipinski definition) is 3. The number of aromatic nitrogens is 2. The molecule has 0 aliphatic rings. The van der Waals surface area contributed by atoms with Crippen LogP contribution in [0, 0.1) is 5.82 Å². The van der Waals surface area contributed by atoms with Gasteiger partial charge in [0.25, 0.3) is 0 Å². The Morgan fingerprint density at radius 3 is 2.73 bits per heavy atom. The topological polar surface area (TPSA) is 44.1 Å². The minimum Gasteiger partial charge on any atom is -0.462 e. The lowest BCUT2D eigenvalue weighted by Crippen LogP contribution is -2.08. The monoisotopic (exact) mass is 354 g/mol. The first kappa shape index (κ1) is 18.1. The van der Waals surface area contributed by atoms with Gasteiger partial charge in [0.15, 0.2) is 0 Å². The van der Waals surface area contributed by atoms with E-state index in [1.54, 1.807) is 31.2 Å². The molecule has 3 rings (SSSR count). The van der Waals surface area contributed by atoms with Gasteiger partial charge in [-0.15, -0.1) is 0 Å². The standard InChI is InChI=1S/C21H23FN2O2/c1-3-5-10-20-23-18-12-11-15(21(25)26-4-2)13-19(18)24(20)14-16-8-6-7-9-17(16)22/h6-9,11-13H,3-5,10,14H2,1-2H3. The van der Waals surface area contributed by atoms with Gasteiger partial charge in [0.1, 0.15) is 11.6 Å². The van der Waals surface area contributed by atoms with Gasteiger partial charge >= 0.3 is 5.97 Å². The van der Waals surface area contributed by atoms with E-state index in [9.17, 15) is 9.18 Å². The van der Waals surface area contributed by atoms with Crippen LogP contribution in [0.2, 0.25) is 0 Å². The lowest BCUT2D eigenvalue weighted by molar-refractivity contribution is 0.0526. The number of esters is 1. The predicted octanol–water partition coefficient (Wildman–Crippen LogP) is 4.74. The smallest absolute Gasteiger partial charge is 0.338 e. The minimum atomic E-state index is -0.358. The number of rotatable bonds is 7. The van der Waals surface area contributed by atoms with Crippen molar-refractivity contribution >= 4 is 17.0 Å². The number of imidazole rings is 1. The van der Waals surface area contributed by atoms with E-state index in [0.29, 0.717) is 24.3 Å². The number of hydrogen-bond donors (Lipinski definition) is 0. The van der Waals surface area contributed by atoms with Crippen LogP contribution >= 0.6 is 0 Å². The molecule has 0 saturated carbocycles. The average molecular weight is 354 g/mol. The third-order valence-corrected chi connectivity index (χ3v) is 4.38. The highest BCUT2D eigenvalue weighted by Gasteiger charge is 2.15. The van der Waals surface area contributed by atoms with Crippen LogP contribution in [0.1, 0.15) is 48.4 Å². The van der Waals surface area contributed by atoms with Crippen LogP contribution in [0.15, 0.2) is 42.5 Å². The van der Waals surface area contributed by atoms with Crippen molar-refractivity contribution in [1.82, 2.24) is 9.55 Å². The van der Waals surface area contributed by atoms with Crippen LogP contribution in [0.3, 0.4) is 0 Å². The first-order chi connectivity index (χ1) is 12.6. The van der Waals surface area contributed by atoms with Crippen LogP contribution < -0.4 is 0 Å². The molecule has 2 aromatic carbocycles. The summed E-state index contributed by atoms with van der Waals surface area (Å²) < 4.78 is 21.3. The molecule has 0 aliphatic carbocycles. The number of fused-ring (bicyclic) bond motifs is 1. The summed E-state index contributed by atoms with van der Waals surface area (Å²) in [7, 11) is 0. The second kappa shape index (κ2) is 8.13. The SMILES string of the molecule is CCCCc1nc2ccc(C(=O)OCC)cc2n1Cc1ccccc1F. The van der Waals surface area contributed by atoms with Crippen LogP contribution in [0.4, 0.5) is 4.39 Å². The van der Waals surface area contributed by atoms with Gasteiger partial charge < -0.3 is 9.30 Å². The number of nitrogens with zero attached hydrogens (tertiary/aromatic N) is 2. The maximum Gasteiger partial charge on any atom is 0.338 e. The largest absolute Gasteiger partial charge is 0.462 e. The molecule has 0 saturated heterocycles. The van der Waals surface area contributed by atoms with E-state index >= 15 is 0 Å². The van der Waals surface area contributed by atoms with Gasteiger partial charge in [-0.05, 0) is 37.6 Å². The molecule has 1 aromatic heterocycles. The molecule has 0 fully saturated rings. The van der Waals surface area contributed by atoms with E-state index < -0.39 is 0 Å². The zero-order valence-electron chi connectivity index (χ0n) is 15.2. The van der Waals surface area contributed by atoms with Gasteiger partial charge in [-0.1, -0.05) is 31.5 Å². The summed E-state index contributed by atoms with van der Waals surface area (Å²) in [6.45, 7) is 4.62. The summed E-state index contributed by atoms with van der Waals surface area (Å²) in [6.07, 6.45) is 2.87. The Hall–Kier alpha value is -2.69. The molecule has 0 spiro atoms. The number of aryl methyl sites for hydroxylation is 1. The average Bonchev–Trinajstić information content (AvgIpc) is 2.98. The molecule has 3 aromatic rings. The summed E-state index contributed by atoms with van der Waals surface area (Å²) in [4.78, 5) is 16.8. The van der Waals surface area contributed by atoms with E-state index in [4.69, 9.17) is 9.72 Å². The van der Waals surface area contributed by atoms with E-state index in [0.717, 1.165) is 36.1 Å². The Kier molecular flexibility index (Phi) is 5.66. The summed E-state index contributed by atoms with van der Waals surface area (Å²) in [5.74, 6) is 0.312. The van der Waals surface area contributed by atoms with Crippen LogP contribution in [-0.4, -0.2) is 22.1 Å². The Morgan fingerprint density at radius 2 is 2.00 bits per heavy atom. The number of halogens is 1. The summed E-state index contributed by atoms with van der Waals surface area (Å²) >= 11 is 0. The zero-order chi connectivity index (χ0) is 18.5. The number of unbranched alkanes of at least 4 members (excludes halogenated alkanes) is 1. The molecule has 0 unspecified atom stereocenters. The van der Waals surface area contributed by atoms with Crippen molar-refractivity contribution in [3.63, 3.8) is 0 Å². The molecule has 26 heavy (non-hydrogen) atoms. The van der Waals surface area contributed by atoms with Gasteiger partial charge in [-0.2, -0.15) is 0 Å². The first-order valence-electron chi connectivity index (χ1n) is 9.03. The molecule has 5 heteroatoms. The molecule has 4 nitrogen and oxygen atoms in total. The van der Waals surface area contributed by atoms with Crippen molar-refractivity contribution in [2.75, 3.05) is 6.61 Å². The van der Waals surface area contributed by atoms with Crippen LogP contribution in [0.25, 0.3) is 11.0 Å². The molecule has 0 radical (unpaired) electrons. The van der Waals surface area contributed by atoms with Crippen molar-refractivity contribution in [2.24, 2.45) is 0 Å². The Bertz CT molecular complexity index is 918. The second-order valence-corrected chi connectivity index (χ2v) is 6.23. The molecule has 0 atom stereocenters. The lowest BCUT2D eigenvalue weighted by Gasteiger charge is -2.10. The number of carbonyl (C=O) groups is 1. The van der Waals surface area contributed by atoms with Crippen molar-refractivity contribution in [3.8, 4) is 0 Å². The Balaban J connectivity index is 2.07. The molecular formula is C21H23FN2O2. The lowest BCUT2D eigenvalue weighted by atomic mass is 10.1. The van der Waals surface area contributed by atoms with Gasteiger partial charge in [-0.3, -0.25) is 0 Å². The minimum absolute atomic E-state index is 0.239. The maximum atomic E-state index is 14.2. The fraction of sp³-hybridized carbons (Fsp3) is 0.333. The van der Waals surface area contributed by atoms with Crippen molar-refractivity contribution in [3.05, 3.63) is 65.2 Å². The normalized spacial score (nSPS) is 11.0. The zero-order valence-corrected chi connectivity index (χ0v) is 15.2. The summed E-state index contributed by atoms with van der Waals surface area (Å²) in [5.41, 5.74) is 2.72. The van der Waals surface area contributed by atoms with E-state index in [2.05, 4.69) is 6.92 Å². The molecule has 136 valence electrons. The Morgan fingerprint density at radius 1 is 1.19 bits per heavy atom. The molecule has 0 amide bonds. The number of ether oxygens (including phenoxy) is 1. The molecule has 0 N–H and O–H groups in total. The predicted molar refractivity (Wildman–Crippen MR) is 99.8 cm³/mol.